The normalized spacial score (nSPS) is 11.0. The van der Waals surface area contributed by atoms with Gasteiger partial charge in [-0.15, -0.1) is 0 Å². The average molecular weight is 394 g/mol. The number of amides is 1. The van der Waals surface area contributed by atoms with Gasteiger partial charge in [-0.3, -0.25) is 14.4 Å². The molecule has 5 nitrogen and oxygen atoms in total. The maximum atomic E-state index is 13.5. The van der Waals surface area contributed by atoms with E-state index < -0.39 is 0 Å². The Bertz CT molecular complexity index is 1060. The van der Waals surface area contributed by atoms with Crippen LogP contribution < -0.4 is 4.90 Å². The summed E-state index contributed by atoms with van der Waals surface area (Å²) in [7, 11) is 0. The van der Waals surface area contributed by atoms with Crippen molar-refractivity contribution in [1.29, 1.82) is 0 Å². The standard InChI is InChI=1S/C21H19FN4OS/c22-17-8-9-18-19(15-17)28-21(24-18)26(14-13-25-12-4-11-23-25)20(27)10-7-16-5-2-1-3-6-16/h1-6,8-9,11-12,15H,7,10,13-14H2. The van der Waals surface area contributed by atoms with E-state index >= 15 is 0 Å². The SMILES string of the molecule is O=C(CCc1ccccc1)N(CCn1cccn1)c1nc2ccc(F)cc2s1. The van der Waals surface area contributed by atoms with E-state index in [1.165, 1.54) is 23.5 Å². The van der Waals surface area contributed by atoms with Crippen LogP contribution in [-0.2, 0) is 17.8 Å². The van der Waals surface area contributed by atoms with E-state index in [0.29, 0.717) is 36.6 Å². The van der Waals surface area contributed by atoms with Crippen molar-refractivity contribution in [3.8, 4) is 0 Å². The quantitative estimate of drug-likeness (QED) is 0.470. The Labute approximate surface area is 166 Å². The van der Waals surface area contributed by atoms with Gasteiger partial charge < -0.3 is 0 Å². The van der Waals surface area contributed by atoms with E-state index in [9.17, 15) is 9.18 Å². The van der Waals surface area contributed by atoms with Crippen LogP contribution in [0.3, 0.4) is 0 Å². The van der Waals surface area contributed by atoms with Crippen LogP contribution in [0, 0.1) is 5.82 Å². The fourth-order valence-electron chi connectivity index (χ4n) is 2.99. The Kier molecular flexibility index (Phi) is 5.43. The second-order valence-electron chi connectivity index (χ2n) is 6.41. The zero-order chi connectivity index (χ0) is 19.3. The summed E-state index contributed by atoms with van der Waals surface area (Å²) in [6, 6.07) is 16.3. The van der Waals surface area contributed by atoms with Crippen LogP contribution in [0.15, 0.2) is 67.0 Å². The molecule has 0 aliphatic rings. The Balaban J connectivity index is 1.55. The molecule has 0 unspecified atom stereocenters. The lowest BCUT2D eigenvalue weighted by Gasteiger charge is -2.20. The lowest BCUT2D eigenvalue weighted by molar-refractivity contribution is -0.118. The Hall–Kier alpha value is -3.06. The molecule has 0 radical (unpaired) electrons. The molecule has 0 bridgehead atoms. The molecular weight excluding hydrogens is 375 g/mol. The van der Waals surface area contributed by atoms with E-state index in [1.54, 1.807) is 21.8 Å². The van der Waals surface area contributed by atoms with Crippen LogP contribution in [0.25, 0.3) is 10.2 Å². The summed E-state index contributed by atoms with van der Waals surface area (Å²) < 4.78 is 16.0. The highest BCUT2D eigenvalue weighted by Gasteiger charge is 2.20. The maximum Gasteiger partial charge on any atom is 0.229 e. The highest BCUT2D eigenvalue weighted by molar-refractivity contribution is 7.22. The number of anilines is 1. The van der Waals surface area contributed by atoms with E-state index in [1.807, 2.05) is 42.6 Å². The van der Waals surface area contributed by atoms with Crippen molar-refractivity contribution in [3.05, 3.63) is 78.4 Å². The number of nitrogens with zero attached hydrogens (tertiary/aromatic N) is 4. The molecule has 0 atom stereocenters. The minimum atomic E-state index is -0.304. The average Bonchev–Trinajstić information content (AvgIpc) is 3.37. The maximum absolute atomic E-state index is 13.5. The van der Waals surface area contributed by atoms with Crippen molar-refractivity contribution >= 4 is 32.6 Å². The molecule has 142 valence electrons. The first-order valence-electron chi connectivity index (χ1n) is 9.07. The van der Waals surface area contributed by atoms with Gasteiger partial charge in [-0.25, -0.2) is 9.37 Å². The van der Waals surface area contributed by atoms with Crippen molar-refractivity contribution in [3.63, 3.8) is 0 Å². The topological polar surface area (TPSA) is 51.0 Å². The molecule has 0 aliphatic carbocycles. The predicted molar refractivity (Wildman–Crippen MR) is 109 cm³/mol. The van der Waals surface area contributed by atoms with Crippen LogP contribution in [0.2, 0.25) is 0 Å². The molecule has 0 spiro atoms. The van der Waals surface area contributed by atoms with Crippen molar-refractivity contribution < 1.29 is 9.18 Å². The summed E-state index contributed by atoms with van der Waals surface area (Å²) in [5, 5.41) is 4.79. The van der Waals surface area contributed by atoms with Gasteiger partial charge in [-0.05, 0) is 36.2 Å². The molecule has 2 heterocycles. The zero-order valence-electron chi connectivity index (χ0n) is 15.2. The largest absolute Gasteiger partial charge is 0.286 e. The second-order valence-corrected chi connectivity index (χ2v) is 7.42. The smallest absolute Gasteiger partial charge is 0.229 e. The molecular formula is C21H19FN4OS. The summed E-state index contributed by atoms with van der Waals surface area (Å²) in [4.78, 5) is 19.3. The van der Waals surface area contributed by atoms with E-state index in [-0.39, 0.29) is 11.7 Å². The summed E-state index contributed by atoms with van der Waals surface area (Å²) in [5.41, 5.74) is 1.82. The minimum Gasteiger partial charge on any atom is -0.286 e. The summed E-state index contributed by atoms with van der Waals surface area (Å²) in [6.45, 7) is 1.02. The van der Waals surface area contributed by atoms with Crippen molar-refractivity contribution in [2.24, 2.45) is 0 Å². The predicted octanol–water partition coefficient (Wildman–Crippen LogP) is 4.30. The zero-order valence-corrected chi connectivity index (χ0v) is 16.0. The molecule has 7 heteroatoms. The number of halogens is 1. The van der Waals surface area contributed by atoms with Gasteiger partial charge in [-0.1, -0.05) is 41.7 Å². The van der Waals surface area contributed by atoms with Crippen molar-refractivity contribution in [1.82, 2.24) is 14.8 Å². The summed E-state index contributed by atoms with van der Waals surface area (Å²) >= 11 is 1.33. The molecule has 2 aromatic carbocycles. The van der Waals surface area contributed by atoms with Gasteiger partial charge in [0, 0.05) is 25.4 Å². The number of hydrogen-bond acceptors (Lipinski definition) is 4. The fourth-order valence-corrected chi connectivity index (χ4v) is 4.03. The molecule has 0 saturated heterocycles. The number of aromatic nitrogens is 3. The van der Waals surface area contributed by atoms with Crippen LogP contribution in [0.4, 0.5) is 9.52 Å². The van der Waals surface area contributed by atoms with Gasteiger partial charge in [0.05, 0.1) is 16.8 Å². The van der Waals surface area contributed by atoms with Crippen LogP contribution in [-0.4, -0.2) is 27.2 Å². The number of thiazole rings is 1. The molecule has 0 aliphatic heterocycles. The lowest BCUT2D eigenvalue weighted by atomic mass is 10.1. The molecule has 2 aromatic heterocycles. The van der Waals surface area contributed by atoms with E-state index in [2.05, 4.69) is 10.1 Å². The molecule has 1 amide bonds. The molecule has 0 saturated carbocycles. The molecule has 28 heavy (non-hydrogen) atoms. The number of hydrogen-bond donors (Lipinski definition) is 0. The van der Waals surface area contributed by atoms with Crippen molar-refractivity contribution in [2.75, 3.05) is 11.4 Å². The number of fused-ring (bicyclic) bond motifs is 1. The number of carbonyl (C=O) groups is 1. The third-order valence-corrected chi connectivity index (χ3v) is 5.49. The summed E-state index contributed by atoms with van der Waals surface area (Å²) in [6.07, 6.45) is 4.62. The van der Waals surface area contributed by atoms with E-state index in [0.717, 1.165) is 10.3 Å². The molecule has 0 N–H and O–H groups in total. The van der Waals surface area contributed by atoms with Gasteiger partial charge in [0.25, 0.3) is 0 Å². The summed E-state index contributed by atoms with van der Waals surface area (Å²) in [5.74, 6) is -0.309. The van der Waals surface area contributed by atoms with Gasteiger partial charge >= 0.3 is 0 Å². The number of aryl methyl sites for hydroxylation is 1. The Morgan fingerprint density at radius 2 is 2.00 bits per heavy atom. The number of rotatable bonds is 7. The van der Waals surface area contributed by atoms with Crippen LogP contribution in [0.1, 0.15) is 12.0 Å². The Morgan fingerprint density at radius 3 is 2.79 bits per heavy atom. The highest BCUT2D eigenvalue weighted by Crippen LogP contribution is 2.30. The van der Waals surface area contributed by atoms with Crippen LogP contribution >= 0.6 is 11.3 Å². The van der Waals surface area contributed by atoms with E-state index in [4.69, 9.17) is 0 Å². The van der Waals surface area contributed by atoms with Gasteiger partial charge in [-0.2, -0.15) is 5.10 Å². The first-order valence-corrected chi connectivity index (χ1v) is 9.88. The first-order chi connectivity index (χ1) is 13.7. The monoisotopic (exact) mass is 394 g/mol. The molecule has 4 rings (SSSR count). The third-order valence-electron chi connectivity index (χ3n) is 4.45. The second kappa shape index (κ2) is 8.31. The third kappa shape index (κ3) is 4.26. The lowest BCUT2D eigenvalue weighted by Crippen LogP contribution is -2.34. The minimum absolute atomic E-state index is 0.00413. The number of carbonyl (C=O) groups excluding carboxylic acids is 1. The molecule has 4 aromatic rings. The highest BCUT2D eigenvalue weighted by atomic mass is 32.1. The number of benzene rings is 2. The van der Waals surface area contributed by atoms with Gasteiger partial charge in [0.15, 0.2) is 5.13 Å². The fraction of sp³-hybridized carbons (Fsp3) is 0.190. The Morgan fingerprint density at radius 1 is 1.14 bits per heavy atom. The van der Waals surface area contributed by atoms with Gasteiger partial charge in [0.1, 0.15) is 5.82 Å². The first kappa shape index (κ1) is 18.3. The van der Waals surface area contributed by atoms with Gasteiger partial charge in [0.2, 0.25) is 5.91 Å². The molecule has 0 fully saturated rings. The van der Waals surface area contributed by atoms with Crippen molar-refractivity contribution in [2.45, 2.75) is 19.4 Å². The van der Waals surface area contributed by atoms with Crippen LogP contribution in [0.5, 0.6) is 0 Å².